The van der Waals surface area contributed by atoms with Crippen molar-refractivity contribution in [3.8, 4) is 5.75 Å². The summed E-state index contributed by atoms with van der Waals surface area (Å²) in [7, 11) is 1.42. The van der Waals surface area contributed by atoms with E-state index in [9.17, 15) is 19.2 Å². The molecule has 0 spiro atoms. The highest BCUT2D eigenvalue weighted by Gasteiger charge is 2.45. The molecule has 8 nitrogen and oxygen atoms in total. The highest BCUT2D eigenvalue weighted by atomic mass is 16.5. The van der Waals surface area contributed by atoms with Gasteiger partial charge in [-0.3, -0.25) is 29.4 Å². The van der Waals surface area contributed by atoms with Gasteiger partial charge in [0.05, 0.1) is 18.2 Å². The first-order valence-corrected chi connectivity index (χ1v) is 6.63. The summed E-state index contributed by atoms with van der Waals surface area (Å²) in [6.07, 6.45) is 0.176. The molecule has 1 unspecified atom stereocenters. The van der Waals surface area contributed by atoms with Crippen LogP contribution in [0.5, 0.6) is 5.75 Å². The Balaban J connectivity index is 2.02. The lowest BCUT2D eigenvalue weighted by molar-refractivity contribution is -0.136. The van der Waals surface area contributed by atoms with Gasteiger partial charge in [0.1, 0.15) is 11.8 Å². The van der Waals surface area contributed by atoms with Crippen molar-refractivity contribution in [2.45, 2.75) is 18.9 Å². The summed E-state index contributed by atoms with van der Waals surface area (Å²) >= 11 is 0. The number of hydrogen-bond acceptors (Lipinski definition) is 6. The molecule has 22 heavy (non-hydrogen) atoms. The van der Waals surface area contributed by atoms with Crippen LogP contribution in [0.25, 0.3) is 0 Å². The Hall–Kier alpha value is -2.90. The summed E-state index contributed by atoms with van der Waals surface area (Å²) in [6, 6.07) is 1.85. The first-order valence-electron chi connectivity index (χ1n) is 6.63. The van der Waals surface area contributed by atoms with Crippen molar-refractivity contribution < 1.29 is 23.9 Å². The Kier molecular flexibility index (Phi) is 3.09. The average Bonchev–Trinajstić information content (AvgIpc) is 2.72. The van der Waals surface area contributed by atoms with Crippen LogP contribution in [0.4, 0.5) is 5.69 Å². The molecule has 8 heteroatoms. The zero-order chi connectivity index (χ0) is 16.0. The second-order valence-corrected chi connectivity index (χ2v) is 5.09. The van der Waals surface area contributed by atoms with Crippen LogP contribution in [0.2, 0.25) is 0 Å². The summed E-state index contributed by atoms with van der Waals surface area (Å²) in [5, 5.41) is 2.13. The van der Waals surface area contributed by atoms with Gasteiger partial charge in [-0.05, 0) is 12.5 Å². The third kappa shape index (κ3) is 1.92. The minimum absolute atomic E-state index is 0.0653. The lowest BCUT2D eigenvalue weighted by atomic mass is 10.0. The number of nitrogens with one attached hydrogen (secondary N) is 1. The van der Waals surface area contributed by atoms with Crippen LogP contribution in [-0.4, -0.2) is 41.7 Å². The van der Waals surface area contributed by atoms with Crippen LogP contribution < -0.4 is 15.8 Å². The topological polar surface area (TPSA) is 119 Å². The number of fused-ring (bicyclic) bond motifs is 1. The molecular weight excluding hydrogens is 290 g/mol. The number of imide groups is 2. The van der Waals surface area contributed by atoms with Crippen LogP contribution in [0.15, 0.2) is 12.1 Å². The molecular formula is C14H13N3O5. The molecule has 0 radical (unpaired) electrons. The molecule has 2 heterocycles. The zero-order valence-corrected chi connectivity index (χ0v) is 11.7. The molecule has 1 aromatic rings. The summed E-state index contributed by atoms with van der Waals surface area (Å²) in [5.41, 5.74) is 6.10. The third-order valence-electron chi connectivity index (χ3n) is 3.78. The number of ether oxygens (including phenoxy) is 1. The Labute approximate surface area is 125 Å². The van der Waals surface area contributed by atoms with E-state index in [1.54, 1.807) is 0 Å². The number of benzene rings is 1. The van der Waals surface area contributed by atoms with E-state index in [2.05, 4.69) is 5.32 Å². The fourth-order valence-electron chi connectivity index (χ4n) is 2.72. The molecule has 0 saturated carbocycles. The standard InChI is InChI=1S/C14H13N3O5/c1-22-6-4-7-11(8(15)5-6)14(21)17(13(7)20)9-2-3-10(18)16-12(9)19/h4-5,9H,2-3,15H2,1H3,(H,16,18,19). The normalized spacial score (nSPS) is 21.0. The van der Waals surface area contributed by atoms with Crippen LogP contribution in [0.1, 0.15) is 33.6 Å². The van der Waals surface area contributed by atoms with E-state index in [0.717, 1.165) is 4.90 Å². The second-order valence-electron chi connectivity index (χ2n) is 5.09. The Morgan fingerprint density at radius 1 is 1.23 bits per heavy atom. The van der Waals surface area contributed by atoms with E-state index < -0.39 is 29.7 Å². The van der Waals surface area contributed by atoms with E-state index in [1.165, 1.54) is 19.2 Å². The zero-order valence-electron chi connectivity index (χ0n) is 11.7. The lowest BCUT2D eigenvalue weighted by Crippen LogP contribution is -2.54. The predicted molar refractivity (Wildman–Crippen MR) is 74.1 cm³/mol. The number of methoxy groups -OCH3 is 1. The number of nitrogen functional groups attached to an aromatic ring is 1. The average molecular weight is 303 g/mol. The van der Waals surface area contributed by atoms with Crippen LogP contribution in [0.3, 0.4) is 0 Å². The quantitative estimate of drug-likeness (QED) is 0.571. The predicted octanol–water partition coefficient (Wildman–Crippen LogP) is -0.321. The van der Waals surface area contributed by atoms with Crippen molar-refractivity contribution in [3.05, 3.63) is 23.3 Å². The highest BCUT2D eigenvalue weighted by Crippen LogP contribution is 2.34. The van der Waals surface area contributed by atoms with Gasteiger partial charge >= 0.3 is 0 Å². The van der Waals surface area contributed by atoms with E-state index in [1.807, 2.05) is 0 Å². The monoisotopic (exact) mass is 303 g/mol. The number of carbonyl (C=O) groups is 4. The van der Waals surface area contributed by atoms with Gasteiger partial charge in [-0.15, -0.1) is 0 Å². The fraction of sp³-hybridized carbons (Fsp3) is 0.286. The van der Waals surface area contributed by atoms with E-state index in [-0.39, 0.29) is 29.7 Å². The number of hydrogen-bond donors (Lipinski definition) is 2. The van der Waals surface area contributed by atoms with Gasteiger partial charge in [0, 0.05) is 18.2 Å². The molecule has 1 aromatic carbocycles. The summed E-state index contributed by atoms with van der Waals surface area (Å²) in [4.78, 5) is 48.9. The van der Waals surface area contributed by atoms with Crippen LogP contribution in [0, 0.1) is 0 Å². The number of piperidine rings is 1. The molecule has 114 valence electrons. The third-order valence-corrected chi connectivity index (χ3v) is 3.78. The van der Waals surface area contributed by atoms with Gasteiger partial charge in [-0.2, -0.15) is 0 Å². The molecule has 1 fully saturated rings. The molecule has 0 aromatic heterocycles. The fourth-order valence-corrected chi connectivity index (χ4v) is 2.72. The smallest absolute Gasteiger partial charge is 0.264 e. The summed E-state index contributed by atoms with van der Waals surface area (Å²) < 4.78 is 5.03. The van der Waals surface area contributed by atoms with Gasteiger partial charge in [0.15, 0.2) is 0 Å². The number of nitrogens with two attached hydrogens (primary N) is 1. The van der Waals surface area contributed by atoms with Crippen LogP contribution in [-0.2, 0) is 9.59 Å². The maximum atomic E-state index is 12.5. The molecule has 1 atom stereocenters. The van der Waals surface area contributed by atoms with Gasteiger partial charge < -0.3 is 10.5 Å². The molecule has 4 amide bonds. The molecule has 2 aliphatic rings. The summed E-state index contributed by atoms with van der Waals surface area (Å²) in [5.74, 6) is -1.97. The van der Waals surface area contributed by atoms with Crippen molar-refractivity contribution in [3.63, 3.8) is 0 Å². The molecule has 3 N–H and O–H groups in total. The number of amides is 4. The SMILES string of the molecule is COc1cc(N)c2c(c1)C(=O)N(C1CCC(=O)NC1=O)C2=O. The minimum atomic E-state index is -1.00. The van der Waals surface area contributed by atoms with Crippen molar-refractivity contribution in [1.29, 1.82) is 0 Å². The molecule has 0 aliphatic carbocycles. The van der Waals surface area contributed by atoms with E-state index >= 15 is 0 Å². The summed E-state index contributed by atoms with van der Waals surface area (Å²) in [6.45, 7) is 0. The first-order chi connectivity index (χ1) is 10.4. The van der Waals surface area contributed by atoms with Gasteiger partial charge in [0.2, 0.25) is 11.8 Å². The van der Waals surface area contributed by atoms with Crippen molar-refractivity contribution in [2.75, 3.05) is 12.8 Å². The number of nitrogens with zero attached hydrogens (tertiary/aromatic N) is 1. The largest absolute Gasteiger partial charge is 0.497 e. The Bertz CT molecular complexity index is 727. The Morgan fingerprint density at radius 2 is 1.95 bits per heavy atom. The number of anilines is 1. The highest BCUT2D eigenvalue weighted by molar-refractivity contribution is 6.25. The maximum Gasteiger partial charge on any atom is 0.264 e. The maximum absolute atomic E-state index is 12.5. The second kappa shape index (κ2) is 4.83. The van der Waals surface area contributed by atoms with Gasteiger partial charge in [-0.25, -0.2) is 0 Å². The molecule has 2 aliphatic heterocycles. The number of rotatable bonds is 2. The Morgan fingerprint density at radius 3 is 2.59 bits per heavy atom. The van der Waals surface area contributed by atoms with E-state index in [4.69, 9.17) is 10.5 Å². The molecule has 3 rings (SSSR count). The van der Waals surface area contributed by atoms with E-state index in [0.29, 0.717) is 5.75 Å². The van der Waals surface area contributed by atoms with Gasteiger partial charge in [0.25, 0.3) is 11.8 Å². The lowest BCUT2D eigenvalue weighted by Gasteiger charge is -2.27. The minimum Gasteiger partial charge on any atom is -0.497 e. The first kappa shape index (κ1) is 14.1. The van der Waals surface area contributed by atoms with Crippen molar-refractivity contribution in [1.82, 2.24) is 10.2 Å². The number of carbonyl (C=O) groups excluding carboxylic acids is 4. The molecule has 1 saturated heterocycles. The van der Waals surface area contributed by atoms with Gasteiger partial charge in [-0.1, -0.05) is 0 Å². The van der Waals surface area contributed by atoms with Crippen molar-refractivity contribution in [2.24, 2.45) is 0 Å². The molecule has 0 bridgehead atoms. The van der Waals surface area contributed by atoms with Crippen molar-refractivity contribution >= 4 is 29.3 Å². The van der Waals surface area contributed by atoms with Crippen LogP contribution >= 0.6 is 0 Å².